The minimum Gasteiger partial charge on any atom is -0.281 e. The van der Waals surface area contributed by atoms with E-state index in [-0.39, 0.29) is 12.2 Å². The quantitative estimate of drug-likeness (QED) is 0.712. The molecular formula is C16H12F2N4OS. The number of amides is 1. The summed E-state index contributed by atoms with van der Waals surface area (Å²) in [5, 5.41) is 2.62. The smallest absolute Gasteiger partial charge is 0.244 e. The Kier molecular flexibility index (Phi) is 3.61. The molecule has 2 aromatic heterocycles. The van der Waals surface area contributed by atoms with Crippen molar-refractivity contribution in [2.75, 3.05) is 5.43 Å². The number of carbonyl (C=O) groups is 1. The highest BCUT2D eigenvalue weighted by Crippen LogP contribution is 2.37. The normalized spacial score (nSPS) is 19.2. The third-order valence-corrected chi connectivity index (χ3v) is 4.77. The molecule has 1 aliphatic rings. The summed E-state index contributed by atoms with van der Waals surface area (Å²) in [4.78, 5) is 20.9. The van der Waals surface area contributed by atoms with E-state index in [1.165, 1.54) is 29.8 Å². The fourth-order valence-corrected chi connectivity index (χ4v) is 3.38. The first-order valence-electron chi connectivity index (χ1n) is 7.31. The molecule has 0 spiro atoms. The fraction of sp³-hybridized carbons (Fsp3) is 0.188. The van der Waals surface area contributed by atoms with Gasteiger partial charge in [0.1, 0.15) is 23.1 Å². The van der Waals surface area contributed by atoms with Crippen LogP contribution in [0, 0.1) is 11.7 Å². The fourth-order valence-electron chi connectivity index (χ4n) is 2.46. The molecule has 1 amide bonds. The van der Waals surface area contributed by atoms with Crippen molar-refractivity contribution in [1.29, 1.82) is 0 Å². The van der Waals surface area contributed by atoms with Crippen LogP contribution in [0.15, 0.2) is 36.0 Å². The number of thiophene rings is 1. The Hall–Kier alpha value is -2.61. The van der Waals surface area contributed by atoms with E-state index in [2.05, 4.69) is 20.8 Å². The number of hydrogen-bond donors (Lipinski definition) is 2. The molecule has 4 rings (SSSR count). The van der Waals surface area contributed by atoms with E-state index in [4.69, 9.17) is 0 Å². The number of rotatable bonds is 4. The van der Waals surface area contributed by atoms with Gasteiger partial charge in [0.2, 0.25) is 5.91 Å². The third kappa shape index (κ3) is 2.69. The Morgan fingerprint density at radius 2 is 2.00 bits per heavy atom. The molecule has 24 heavy (non-hydrogen) atoms. The molecule has 1 aromatic carbocycles. The topological polar surface area (TPSA) is 66.9 Å². The second-order valence-corrected chi connectivity index (χ2v) is 6.39. The summed E-state index contributed by atoms with van der Waals surface area (Å²) in [6, 6.07) is 6.10. The number of anilines is 1. The van der Waals surface area contributed by atoms with Crippen LogP contribution in [0.25, 0.3) is 21.3 Å². The van der Waals surface area contributed by atoms with Crippen molar-refractivity contribution < 1.29 is 13.6 Å². The molecule has 0 unspecified atom stereocenters. The van der Waals surface area contributed by atoms with Crippen LogP contribution in [0.5, 0.6) is 0 Å². The molecule has 2 N–H and O–H groups in total. The zero-order chi connectivity index (χ0) is 16.7. The number of halogens is 2. The summed E-state index contributed by atoms with van der Waals surface area (Å²) in [5.74, 6) is -0.878. The van der Waals surface area contributed by atoms with Crippen molar-refractivity contribution in [3.63, 3.8) is 0 Å². The van der Waals surface area contributed by atoms with Crippen LogP contribution in [0.1, 0.15) is 6.42 Å². The lowest BCUT2D eigenvalue weighted by molar-refractivity contribution is -0.122. The molecule has 0 radical (unpaired) electrons. The average molecular weight is 346 g/mol. The van der Waals surface area contributed by atoms with E-state index >= 15 is 0 Å². The zero-order valence-electron chi connectivity index (χ0n) is 12.3. The Bertz CT molecular complexity index is 912. The third-order valence-electron chi connectivity index (χ3n) is 3.88. The van der Waals surface area contributed by atoms with E-state index in [1.54, 1.807) is 12.1 Å². The summed E-state index contributed by atoms with van der Waals surface area (Å²) < 4.78 is 26.1. The summed E-state index contributed by atoms with van der Waals surface area (Å²) in [7, 11) is 0. The number of carbonyl (C=O) groups excluding carboxylic acids is 1. The largest absolute Gasteiger partial charge is 0.281 e. The number of fused-ring (bicyclic) bond motifs is 1. The molecular weight excluding hydrogens is 334 g/mol. The Labute approximate surface area is 139 Å². The second-order valence-electron chi connectivity index (χ2n) is 5.53. The van der Waals surface area contributed by atoms with Crippen molar-refractivity contribution in [2.45, 2.75) is 12.6 Å². The number of aromatic nitrogens is 2. The molecule has 1 aliphatic carbocycles. The van der Waals surface area contributed by atoms with Gasteiger partial charge in [0.05, 0.1) is 11.3 Å². The maximum atomic E-state index is 13.1. The highest BCUT2D eigenvalue weighted by Gasteiger charge is 2.43. The van der Waals surface area contributed by atoms with Crippen LogP contribution in [0.4, 0.5) is 14.6 Å². The van der Waals surface area contributed by atoms with E-state index in [1.807, 2.05) is 5.38 Å². The summed E-state index contributed by atoms with van der Waals surface area (Å²) in [6.45, 7) is 0. The molecule has 0 saturated heterocycles. The molecule has 0 aliphatic heterocycles. The predicted octanol–water partition coefficient (Wildman–Crippen LogP) is 3.30. The first-order valence-corrected chi connectivity index (χ1v) is 8.19. The monoisotopic (exact) mass is 346 g/mol. The van der Waals surface area contributed by atoms with Gasteiger partial charge in [-0.1, -0.05) is 12.1 Å². The first-order chi connectivity index (χ1) is 11.6. The molecule has 2 atom stereocenters. The molecule has 8 heteroatoms. The van der Waals surface area contributed by atoms with Gasteiger partial charge in [0.25, 0.3) is 0 Å². The molecule has 1 saturated carbocycles. The highest BCUT2D eigenvalue weighted by atomic mass is 32.1. The maximum Gasteiger partial charge on any atom is 0.244 e. The second kappa shape index (κ2) is 5.79. The van der Waals surface area contributed by atoms with Crippen molar-refractivity contribution in [3.8, 4) is 11.1 Å². The number of hydrazine groups is 1. The van der Waals surface area contributed by atoms with Gasteiger partial charge in [0.15, 0.2) is 5.82 Å². The number of alkyl halides is 1. The minimum absolute atomic E-state index is 0.256. The van der Waals surface area contributed by atoms with Gasteiger partial charge in [0, 0.05) is 10.9 Å². The van der Waals surface area contributed by atoms with E-state index < -0.39 is 18.0 Å². The van der Waals surface area contributed by atoms with Crippen LogP contribution in [-0.2, 0) is 4.79 Å². The molecule has 122 valence electrons. The average Bonchev–Trinajstić information content (AvgIpc) is 3.16. The SMILES string of the molecule is O=C(NNc1ncnc2scc(-c3ccc(F)cc3)c12)[C@@H]1C[C@@H]1F. The Balaban J connectivity index is 1.66. The number of hydrogen-bond acceptors (Lipinski definition) is 5. The lowest BCUT2D eigenvalue weighted by Crippen LogP contribution is -2.31. The number of nitrogens with one attached hydrogen (secondary N) is 2. The van der Waals surface area contributed by atoms with Crippen molar-refractivity contribution in [3.05, 3.63) is 41.8 Å². The lowest BCUT2D eigenvalue weighted by Gasteiger charge is -2.09. The Morgan fingerprint density at radius 3 is 2.71 bits per heavy atom. The minimum atomic E-state index is -1.06. The van der Waals surface area contributed by atoms with Crippen LogP contribution in [-0.4, -0.2) is 22.0 Å². The van der Waals surface area contributed by atoms with Gasteiger partial charge in [-0.3, -0.25) is 15.6 Å². The van der Waals surface area contributed by atoms with Crippen LogP contribution < -0.4 is 10.9 Å². The molecule has 1 fully saturated rings. The van der Waals surface area contributed by atoms with Crippen LogP contribution >= 0.6 is 11.3 Å². The van der Waals surface area contributed by atoms with Crippen molar-refractivity contribution in [2.24, 2.45) is 5.92 Å². The van der Waals surface area contributed by atoms with Gasteiger partial charge in [-0.15, -0.1) is 11.3 Å². The van der Waals surface area contributed by atoms with E-state index in [0.717, 1.165) is 21.3 Å². The van der Waals surface area contributed by atoms with Crippen molar-refractivity contribution >= 4 is 33.3 Å². The van der Waals surface area contributed by atoms with Gasteiger partial charge >= 0.3 is 0 Å². The van der Waals surface area contributed by atoms with E-state index in [0.29, 0.717) is 5.82 Å². The van der Waals surface area contributed by atoms with Gasteiger partial charge in [-0.25, -0.2) is 18.7 Å². The summed E-state index contributed by atoms with van der Waals surface area (Å²) in [6.07, 6.45) is 0.580. The number of nitrogens with zero attached hydrogens (tertiary/aromatic N) is 2. The lowest BCUT2D eigenvalue weighted by atomic mass is 10.1. The van der Waals surface area contributed by atoms with Crippen LogP contribution in [0.2, 0.25) is 0 Å². The standard InChI is InChI=1S/C16H12F2N4OS/c17-9-3-1-8(2-4-9)11-6-24-16-13(11)14(19-7-20-16)21-22-15(23)10-5-12(10)18/h1-4,6-7,10,12H,5H2,(H,22,23)(H,19,20,21)/t10-,12+/m1/s1. The Morgan fingerprint density at radius 1 is 1.25 bits per heavy atom. The van der Waals surface area contributed by atoms with Gasteiger partial charge < -0.3 is 0 Å². The molecule has 0 bridgehead atoms. The molecule has 3 aromatic rings. The number of benzene rings is 1. The highest BCUT2D eigenvalue weighted by molar-refractivity contribution is 7.17. The predicted molar refractivity (Wildman–Crippen MR) is 87.6 cm³/mol. The molecule has 2 heterocycles. The summed E-state index contributed by atoms with van der Waals surface area (Å²) >= 11 is 1.42. The zero-order valence-corrected chi connectivity index (χ0v) is 13.1. The van der Waals surface area contributed by atoms with E-state index in [9.17, 15) is 13.6 Å². The maximum absolute atomic E-state index is 13.1. The van der Waals surface area contributed by atoms with Gasteiger partial charge in [-0.2, -0.15) is 0 Å². The first kappa shape index (κ1) is 14.9. The van der Waals surface area contributed by atoms with Gasteiger partial charge in [-0.05, 0) is 24.1 Å². The van der Waals surface area contributed by atoms with Crippen LogP contribution in [0.3, 0.4) is 0 Å². The summed E-state index contributed by atoms with van der Waals surface area (Å²) in [5.41, 5.74) is 6.89. The van der Waals surface area contributed by atoms with Crippen molar-refractivity contribution in [1.82, 2.24) is 15.4 Å². The molecule has 5 nitrogen and oxygen atoms in total.